The SMILES string of the molecule is CN(C)c1nnc(SCC(C)(C)C(=O)NN)s1. The summed E-state index contributed by atoms with van der Waals surface area (Å²) in [6.45, 7) is 3.69. The molecule has 1 amide bonds. The first-order chi connectivity index (χ1) is 7.86. The van der Waals surface area contributed by atoms with E-state index in [0.29, 0.717) is 5.75 Å². The molecule has 0 aliphatic rings. The van der Waals surface area contributed by atoms with Crippen LogP contribution in [0.1, 0.15) is 13.8 Å². The van der Waals surface area contributed by atoms with Crippen LogP contribution in [0.15, 0.2) is 4.34 Å². The second-order valence-corrected chi connectivity index (χ2v) is 6.57. The van der Waals surface area contributed by atoms with Crippen molar-refractivity contribution in [2.45, 2.75) is 18.2 Å². The maximum Gasteiger partial charge on any atom is 0.240 e. The van der Waals surface area contributed by atoms with E-state index in [0.717, 1.165) is 9.47 Å². The molecule has 0 aromatic carbocycles. The van der Waals surface area contributed by atoms with Gasteiger partial charge in [-0.2, -0.15) is 0 Å². The fraction of sp³-hybridized carbons (Fsp3) is 0.667. The van der Waals surface area contributed by atoms with Gasteiger partial charge in [0.05, 0.1) is 5.41 Å². The van der Waals surface area contributed by atoms with E-state index in [9.17, 15) is 4.79 Å². The summed E-state index contributed by atoms with van der Waals surface area (Å²) in [6, 6.07) is 0. The van der Waals surface area contributed by atoms with Crippen LogP contribution in [0.5, 0.6) is 0 Å². The van der Waals surface area contributed by atoms with E-state index in [-0.39, 0.29) is 5.91 Å². The smallest absolute Gasteiger partial charge is 0.240 e. The zero-order valence-corrected chi connectivity index (χ0v) is 12.0. The summed E-state index contributed by atoms with van der Waals surface area (Å²) in [7, 11) is 3.83. The summed E-state index contributed by atoms with van der Waals surface area (Å²) in [5.41, 5.74) is 1.65. The van der Waals surface area contributed by atoms with E-state index in [1.54, 1.807) is 0 Å². The van der Waals surface area contributed by atoms with Crippen molar-refractivity contribution in [1.82, 2.24) is 15.6 Å². The average molecular weight is 275 g/mol. The third kappa shape index (κ3) is 3.83. The minimum Gasteiger partial charge on any atom is -0.353 e. The number of carbonyl (C=O) groups excluding carboxylic acids is 1. The normalized spacial score (nSPS) is 11.4. The van der Waals surface area contributed by atoms with E-state index in [2.05, 4.69) is 15.6 Å². The van der Waals surface area contributed by atoms with E-state index in [1.807, 2.05) is 32.8 Å². The number of nitrogens with one attached hydrogen (secondary N) is 1. The molecule has 1 heterocycles. The van der Waals surface area contributed by atoms with Crippen molar-refractivity contribution in [2.75, 3.05) is 24.7 Å². The molecule has 0 saturated heterocycles. The Kier molecular flexibility index (Phi) is 4.72. The van der Waals surface area contributed by atoms with E-state index in [1.165, 1.54) is 23.1 Å². The molecule has 1 aromatic rings. The third-order valence-corrected chi connectivity index (χ3v) is 4.76. The Hall–Kier alpha value is -0.860. The molecule has 0 atom stereocenters. The molecule has 17 heavy (non-hydrogen) atoms. The Labute approximate surface area is 109 Å². The number of rotatable bonds is 5. The van der Waals surface area contributed by atoms with Gasteiger partial charge in [0.25, 0.3) is 0 Å². The summed E-state index contributed by atoms with van der Waals surface area (Å²) >= 11 is 3.02. The van der Waals surface area contributed by atoms with Crippen molar-refractivity contribution in [3.05, 3.63) is 0 Å². The number of hydrazine groups is 1. The highest BCUT2D eigenvalue weighted by atomic mass is 32.2. The third-order valence-electron chi connectivity index (χ3n) is 2.08. The van der Waals surface area contributed by atoms with Gasteiger partial charge in [0.2, 0.25) is 11.0 Å². The number of nitrogens with zero attached hydrogens (tertiary/aromatic N) is 3. The van der Waals surface area contributed by atoms with Gasteiger partial charge in [0.1, 0.15) is 0 Å². The molecule has 0 unspecified atom stereocenters. The first-order valence-electron chi connectivity index (χ1n) is 5.01. The van der Waals surface area contributed by atoms with E-state index in [4.69, 9.17) is 5.84 Å². The Balaban J connectivity index is 2.58. The second-order valence-electron chi connectivity index (χ2n) is 4.39. The van der Waals surface area contributed by atoms with Crippen LogP contribution in [0.3, 0.4) is 0 Å². The first kappa shape index (κ1) is 14.2. The molecule has 0 aliphatic heterocycles. The second kappa shape index (κ2) is 5.65. The van der Waals surface area contributed by atoms with Crippen LogP contribution in [0.25, 0.3) is 0 Å². The molecule has 1 aromatic heterocycles. The molecular formula is C9H17N5OS2. The van der Waals surface area contributed by atoms with Crippen molar-refractivity contribution >= 4 is 34.1 Å². The monoisotopic (exact) mass is 275 g/mol. The number of anilines is 1. The van der Waals surface area contributed by atoms with Crippen LogP contribution >= 0.6 is 23.1 Å². The summed E-state index contributed by atoms with van der Waals surface area (Å²) in [5, 5.41) is 8.94. The zero-order valence-electron chi connectivity index (χ0n) is 10.4. The average Bonchev–Trinajstić information content (AvgIpc) is 2.74. The van der Waals surface area contributed by atoms with Crippen molar-refractivity contribution in [3.63, 3.8) is 0 Å². The standard InChI is InChI=1S/C9H17N5OS2/c1-9(2,6(15)11-10)5-16-8-13-12-7(17-8)14(3)4/h5,10H2,1-4H3,(H,11,15). The Bertz CT molecular complexity index is 390. The number of thioether (sulfide) groups is 1. The van der Waals surface area contributed by atoms with Crippen molar-refractivity contribution < 1.29 is 4.79 Å². The van der Waals surface area contributed by atoms with Crippen LogP contribution in [-0.4, -0.2) is 36.0 Å². The molecule has 0 aliphatic carbocycles. The maximum absolute atomic E-state index is 11.5. The molecule has 0 bridgehead atoms. The maximum atomic E-state index is 11.5. The number of hydrogen-bond acceptors (Lipinski definition) is 7. The molecule has 0 radical (unpaired) electrons. The summed E-state index contributed by atoms with van der Waals surface area (Å²) in [5.74, 6) is 5.56. The molecule has 0 spiro atoms. The van der Waals surface area contributed by atoms with Gasteiger partial charge in [-0.25, -0.2) is 5.84 Å². The molecule has 8 heteroatoms. The van der Waals surface area contributed by atoms with Gasteiger partial charge < -0.3 is 4.90 Å². The molecule has 0 fully saturated rings. The van der Waals surface area contributed by atoms with Crippen LogP contribution in [0.4, 0.5) is 5.13 Å². The molecule has 6 nitrogen and oxygen atoms in total. The topological polar surface area (TPSA) is 84.1 Å². The van der Waals surface area contributed by atoms with Crippen LogP contribution in [0, 0.1) is 5.41 Å². The van der Waals surface area contributed by atoms with Crippen molar-refractivity contribution in [3.8, 4) is 0 Å². The van der Waals surface area contributed by atoms with Crippen LogP contribution in [0.2, 0.25) is 0 Å². The van der Waals surface area contributed by atoms with Gasteiger partial charge in [-0.3, -0.25) is 10.2 Å². The predicted molar refractivity (Wildman–Crippen MR) is 71.1 cm³/mol. The minimum absolute atomic E-state index is 0.178. The van der Waals surface area contributed by atoms with Crippen molar-refractivity contribution in [1.29, 1.82) is 0 Å². The predicted octanol–water partition coefficient (Wildman–Crippen LogP) is 0.712. The fourth-order valence-corrected chi connectivity index (χ4v) is 2.80. The molecular weight excluding hydrogens is 258 g/mol. The molecule has 1 rings (SSSR count). The number of carbonyl (C=O) groups is 1. The van der Waals surface area contributed by atoms with Gasteiger partial charge >= 0.3 is 0 Å². The van der Waals surface area contributed by atoms with Gasteiger partial charge in [0.15, 0.2) is 4.34 Å². The van der Waals surface area contributed by atoms with Crippen molar-refractivity contribution in [2.24, 2.45) is 11.3 Å². The molecule has 3 N–H and O–H groups in total. The van der Waals surface area contributed by atoms with Crippen LogP contribution in [-0.2, 0) is 4.79 Å². The highest BCUT2D eigenvalue weighted by Crippen LogP contribution is 2.31. The quantitative estimate of drug-likeness (QED) is 0.356. The molecule has 0 saturated carbocycles. The first-order valence-corrected chi connectivity index (χ1v) is 6.81. The number of aromatic nitrogens is 2. The Morgan fingerprint density at radius 2 is 2.18 bits per heavy atom. The lowest BCUT2D eigenvalue weighted by atomic mass is 9.96. The summed E-state index contributed by atoms with van der Waals surface area (Å²) < 4.78 is 0.853. The lowest BCUT2D eigenvalue weighted by Crippen LogP contribution is -2.42. The minimum atomic E-state index is -0.524. The molecule has 96 valence electrons. The summed E-state index contributed by atoms with van der Waals surface area (Å²) in [6.07, 6.45) is 0. The van der Waals surface area contributed by atoms with Gasteiger partial charge in [0, 0.05) is 19.8 Å². The van der Waals surface area contributed by atoms with E-state index >= 15 is 0 Å². The largest absolute Gasteiger partial charge is 0.353 e. The van der Waals surface area contributed by atoms with Gasteiger partial charge in [-0.15, -0.1) is 10.2 Å². The summed E-state index contributed by atoms with van der Waals surface area (Å²) in [4.78, 5) is 13.4. The lowest BCUT2D eigenvalue weighted by molar-refractivity contribution is -0.128. The van der Waals surface area contributed by atoms with Crippen LogP contribution < -0.4 is 16.2 Å². The van der Waals surface area contributed by atoms with Gasteiger partial charge in [-0.1, -0.05) is 36.9 Å². The van der Waals surface area contributed by atoms with Gasteiger partial charge in [-0.05, 0) is 0 Å². The fourth-order valence-electron chi connectivity index (χ4n) is 0.945. The van der Waals surface area contributed by atoms with E-state index < -0.39 is 5.41 Å². The number of amides is 1. The Morgan fingerprint density at radius 3 is 2.65 bits per heavy atom. The highest BCUT2D eigenvalue weighted by Gasteiger charge is 2.27. The number of nitrogens with two attached hydrogens (primary N) is 1. The number of hydrogen-bond donors (Lipinski definition) is 2. The highest BCUT2D eigenvalue weighted by molar-refractivity contribution is 8.01. The zero-order chi connectivity index (χ0) is 13.1. The lowest BCUT2D eigenvalue weighted by Gasteiger charge is -2.20. The Morgan fingerprint density at radius 1 is 1.53 bits per heavy atom.